The summed E-state index contributed by atoms with van der Waals surface area (Å²) in [6.45, 7) is 3.64. The number of non-ortho nitro benzene ring substituents is 1. The van der Waals surface area contributed by atoms with Gasteiger partial charge >= 0.3 is 0 Å². The fraction of sp³-hybridized carbons (Fsp3) is 0.222. The van der Waals surface area contributed by atoms with Crippen LogP contribution in [0.5, 0.6) is 0 Å². The highest BCUT2D eigenvalue weighted by Crippen LogP contribution is 2.22. The van der Waals surface area contributed by atoms with Crippen LogP contribution in [0.3, 0.4) is 0 Å². The number of fused-ring (bicyclic) bond motifs is 1. The summed E-state index contributed by atoms with van der Waals surface area (Å²) < 4.78 is 0. The van der Waals surface area contributed by atoms with Crippen LogP contribution in [0, 0.1) is 24.0 Å². The van der Waals surface area contributed by atoms with E-state index in [9.17, 15) is 10.1 Å². The summed E-state index contributed by atoms with van der Waals surface area (Å²) in [6.07, 6.45) is 0. The molecule has 1 N–H and O–H groups in total. The van der Waals surface area contributed by atoms with E-state index >= 15 is 0 Å². The number of benzene rings is 1. The summed E-state index contributed by atoms with van der Waals surface area (Å²) in [5, 5.41) is 10.6. The largest absolute Gasteiger partial charge is 0.342 e. The second kappa shape index (κ2) is 2.80. The molecule has 0 atom stereocenters. The molecule has 0 bridgehead atoms. The van der Waals surface area contributed by atoms with Crippen molar-refractivity contribution in [3.63, 3.8) is 0 Å². The van der Waals surface area contributed by atoms with Gasteiger partial charge in [0.15, 0.2) is 0 Å². The molecule has 0 fully saturated rings. The summed E-state index contributed by atoms with van der Waals surface area (Å²) >= 11 is 0. The predicted octanol–water partition coefficient (Wildman–Crippen LogP) is 2.09. The number of hydrogen-bond acceptors (Lipinski definition) is 3. The number of imidazole rings is 1. The molecule has 0 saturated heterocycles. The molecule has 2 aromatic rings. The summed E-state index contributed by atoms with van der Waals surface area (Å²) in [6, 6.07) is 3.03. The zero-order chi connectivity index (χ0) is 10.3. The Balaban J connectivity index is 2.77. The van der Waals surface area contributed by atoms with Gasteiger partial charge in [-0.15, -0.1) is 0 Å². The number of nitrogens with zero attached hydrogens (tertiary/aromatic N) is 2. The Hall–Kier alpha value is -1.91. The first-order chi connectivity index (χ1) is 6.58. The molecule has 0 aliphatic carbocycles. The van der Waals surface area contributed by atoms with Crippen LogP contribution in [0.1, 0.15) is 11.4 Å². The normalized spacial score (nSPS) is 10.7. The Morgan fingerprint density at radius 2 is 2.14 bits per heavy atom. The lowest BCUT2D eigenvalue weighted by atomic mass is 10.2. The third-order valence-corrected chi connectivity index (χ3v) is 2.09. The highest BCUT2D eigenvalue weighted by Gasteiger charge is 2.11. The van der Waals surface area contributed by atoms with Crippen LogP contribution >= 0.6 is 0 Å². The molecule has 5 nitrogen and oxygen atoms in total. The number of nitro benzene ring substituents is 1. The smallest absolute Gasteiger partial charge is 0.271 e. The first-order valence-electron chi connectivity index (χ1n) is 4.19. The van der Waals surface area contributed by atoms with Gasteiger partial charge in [-0.1, -0.05) is 0 Å². The van der Waals surface area contributed by atoms with Crippen molar-refractivity contribution in [3.05, 3.63) is 33.6 Å². The Kier molecular flexibility index (Phi) is 1.73. The second-order valence-electron chi connectivity index (χ2n) is 3.24. The summed E-state index contributed by atoms with van der Waals surface area (Å²) in [5.41, 5.74) is 2.43. The van der Waals surface area contributed by atoms with E-state index in [1.807, 2.05) is 13.8 Å². The SMILES string of the molecule is Cc1nc2c(C)cc([N+](=O)[O-])cc2[nH]1. The lowest BCUT2D eigenvalue weighted by Crippen LogP contribution is -1.89. The van der Waals surface area contributed by atoms with E-state index in [0.717, 1.165) is 16.9 Å². The molecule has 72 valence electrons. The molecule has 0 unspecified atom stereocenters. The average Bonchev–Trinajstić information content (AvgIpc) is 2.45. The number of nitrogens with one attached hydrogen (secondary N) is 1. The zero-order valence-corrected chi connectivity index (χ0v) is 7.87. The third kappa shape index (κ3) is 1.22. The zero-order valence-electron chi connectivity index (χ0n) is 7.87. The molecule has 0 radical (unpaired) electrons. The molecule has 1 heterocycles. The molecular weight excluding hydrogens is 182 g/mol. The number of rotatable bonds is 1. The Morgan fingerprint density at radius 3 is 2.79 bits per heavy atom. The van der Waals surface area contributed by atoms with Crippen molar-refractivity contribution in [2.45, 2.75) is 13.8 Å². The van der Waals surface area contributed by atoms with Crippen LogP contribution in [0.15, 0.2) is 12.1 Å². The number of aromatic amines is 1. The van der Waals surface area contributed by atoms with E-state index < -0.39 is 4.92 Å². The van der Waals surface area contributed by atoms with Gasteiger partial charge in [-0.05, 0) is 19.4 Å². The van der Waals surface area contributed by atoms with Crippen LogP contribution < -0.4 is 0 Å². The van der Waals surface area contributed by atoms with Gasteiger partial charge in [-0.25, -0.2) is 4.98 Å². The molecule has 0 spiro atoms. The van der Waals surface area contributed by atoms with Gasteiger partial charge < -0.3 is 4.98 Å². The van der Waals surface area contributed by atoms with Gasteiger partial charge in [0, 0.05) is 12.1 Å². The van der Waals surface area contributed by atoms with E-state index in [1.54, 1.807) is 0 Å². The molecule has 0 aliphatic heterocycles. The summed E-state index contributed by atoms with van der Waals surface area (Å²) in [5.74, 6) is 0.767. The summed E-state index contributed by atoms with van der Waals surface area (Å²) in [4.78, 5) is 17.4. The number of H-pyrrole nitrogens is 1. The van der Waals surface area contributed by atoms with E-state index in [1.165, 1.54) is 12.1 Å². The van der Waals surface area contributed by atoms with Gasteiger partial charge in [0.1, 0.15) is 5.82 Å². The maximum Gasteiger partial charge on any atom is 0.271 e. The molecule has 0 aliphatic rings. The van der Waals surface area contributed by atoms with Gasteiger partial charge in [-0.2, -0.15) is 0 Å². The van der Waals surface area contributed by atoms with Crippen molar-refractivity contribution in [2.75, 3.05) is 0 Å². The lowest BCUT2D eigenvalue weighted by Gasteiger charge is -1.94. The van der Waals surface area contributed by atoms with E-state index in [-0.39, 0.29) is 5.69 Å². The predicted molar refractivity (Wildman–Crippen MR) is 52.2 cm³/mol. The first-order valence-corrected chi connectivity index (χ1v) is 4.19. The van der Waals surface area contributed by atoms with Crippen molar-refractivity contribution in [1.29, 1.82) is 0 Å². The minimum Gasteiger partial charge on any atom is -0.342 e. The Labute approximate surface area is 79.9 Å². The lowest BCUT2D eigenvalue weighted by molar-refractivity contribution is -0.384. The van der Waals surface area contributed by atoms with Crippen LogP contribution in [-0.4, -0.2) is 14.9 Å². The number of aryl methyl sites for hydroxylation is 2. The van der Waals surface area contributed by atoms with E-state index in [4.69, 9.17) is 0 Å². The molecule has 1 aromatic heterocycles. The van der Waals surface area contributed by atoms with Crippen molar-refractivity contribution < 1.29 is 4.92 Å². The molecule has 2 rings (SSSR count). The minimum absolute atomic E-state index is 0.0960. The van der Waals surface area contributed by atoms with Crippen molar-refractivity contribution in [2.24, 2.45) is 0 Å². The summed E-state index contributed by atoms with van der Waals surface area (Å²) in [7, 11) is 0. The van der Waals surface area contributed by atoms with Crippen LogP contribution in [-0.2, 0) is 0 Å². The van der Waals surface area contributed by atoms with Crippen molar-refractivity contribution in [3.8, 4) is 0 Å². The second-order valence-corrected chi connectivity index (χ2v) is 3.24. The molecular formula is C9H9N3O2. The third-order valence-electron chi connectivity index (χ3n) is 2.09. The molecule has 0 saturated carbocycles. The van der Waals surface area contributed by atoms with Crippen LogP contribution in [0.4, 0.5) is 5.69 Å². The number of aromatic nitrogens is 2. The Bertz CT molecular complexity index is 516. The standard InChI is InChI=1S/C9H9N3O2/c1-5-3-7(12(13)14)4-8-9(5)11-6(2)10-8/h3-4H,1-2H3,(H,10,11). The fourth-order valence-corrected chi connectivity index (χ4v) is 1.50. The maximum absolute atomic E-state index is 10.6. The van der Waals surface area contributed by atoms with Gasteiger partial charge in [0.2, 0.25) is 0 Å². The van der Waals surface area contributed by atoms with E-state index in [0.29, 0.717) is 5.52 Å². The van der Waals surface area contributed by atoms with Crippen LogP contribution in [0.2, 0.25) is 0 Å². The molecule has 5 heteroatoms. The van der Waals surface area contributed by atoms with Crippen LogP contribution in [0.25, 0.3) is 11.0 Å². The number of nitro groups is 1. The van der Waals surface area contributed by atoms with Gasteiger partial charge in [-0.3, -0.25) is 10.1 Å². The highest BCUT2D eigenvalue weighted by atomic mass is 16.6. The van der Waals surface area contributed by atoms with Gasteiger partial charge in [0.05, 0.1) is 16.0 Å². The first kappa shape index (κ1) is 8.68. The monoisotopic (exact) mass is 191 g/mol. The maximum atomic E-state index is 10.6. The quantitative estimate of drug-likeness (QED) is 0.554. The molecule has 14 heavy (non-hydrogen) atoms. The van der Waals surface area contributed by atoms with Crippen molar-refractivity contribution in [1.82, 2.24) is 9.97 Å². The van der Waals surface area contributed by atoms with E-state index in [2.05, 4.69) is 9.97 Å². The highest BCUT2D eigenvalue weighted by molar-refractivity contribution is 5.81. The topological polar surface area (TPSA) is 71.8 Å². The van der Waals surface area contributed by atoms with Gasteiger partial charge in [0.25, 0.3) is 5.69 Å². The molecule has 1 aromatic carbocycles. The average molecular weight is 191 g/mol. The number of hydrogen-bond donors (Lipinski definition) is 1. The molecule has 0 amide bonds. The van der Waals surface area contributed by atoms with Crippen molar-refractivity contribution >= 4 is 16.7 Å². The fourth-order valence-electron chi connectivity index (χ4n) is 1.50. The Morgan fingerprint density at radius 1 is 1.43 bits per heavy atom. The minimum atomic E-state index is -0.400.